The van der Waals surface area contributed by atoms with Crippen molar-refractivity contribution in [1.29, 1.82) is 0 Å². The molecule has 130 valence electrons. The van der Waals surface area contributed by atoms with E-state index in [0.29, 0.717) is 18.3 Å². The van der Waals surface area contributed by atoms with Crippen LogP contribution in [0.4, 0.5) is 5.82 Å². The molecule has 26 heavy (non-hydrogen) atoms. The minimum absolute atomic E-state index is 0.0863. The number of hydrogen-bond acceptors (Lipinski definition) is 5. The van der Waals surface area contributed by atoms with E-state index in [1.807, 2.05) is 41.3 Å². The highest BCUT2D eigenvalue weighted by Crippen LogP contribution is 2.32. The van der Waals surface area contributed by atoms with Crippen LogP contribution in [0.3, 0.4) is 0 Å². The van der Waals surface area contributed by atoms with Crippen molar-refractivity contribution >= 4 is 22.6 Å². The van der Waals surface area contributed by atoms with Gasteiger partial charge in [-0.3, -0.25) is 9.78 Å². The lowest BCUT2D eigenvalue weighted by molar-refractivity contribution is -0.128. The van der Waals surface area contributed by atoms with Crippen LogP contribution in [0.25, 0.3) is 22.3 Å². The lowest BCUT2D eigenvalue weighted by Gasteiger charge is -2.17. The SMILES string of the molecule is O=C1CC(Nc2nc(-c3cccnc3)nc3ccccc23)CN1C1CC1. The third kappa shape index (κ3) is 2.77. The highest BCUT2D eigenvalue weighted by Gasteiger charge is 2.39. The standard InChI is InChI=1S/C20H19N5O/c26-18-10-14(12-25(18)15-7-8-15)22-20-16-5-1-2-6-17(16)23-19(24-20)13-4-3-9-21-11-13/h1-6,9,11,14-15H,7-8,10,12H2,(H,22,23,24). The number of likely N-dealkylation sites (tertiary alicyclic amines) is 1. The number of nitrogens with one attached hydrogen (secondary N) is 1. The van der Waals surface area contributed by atoms with Crippen molar-refractivity contribution in [1.82, 2.24) is 19.9 Å². The molecular weight excluding hydrogens is 326 g/mol. The first-order valence-electron chi connectivity index (χ1n) is 9.01. The highest BCUT2D eigenvalue weighted by atomic mass is 16.2. The van der Waals surface area contributed by atoms with E-state index in [2.05, 4.69) is 15.3 Å². The normalized spacial score (nSPS) is 19.9. The van der Waals surface area contributed by atoms with E-state index in [0.717, 1.165) is 41.7 Å². The van der Waals surface area contributed by atoms with E-state index in [1.54, 1.807) is 12.4 Å². The molecule has 1 amide bonds. The minimum atomic E-state index is 0.0863. The fourth-order valence-electron chi connectivity index (χ4n) is 3.57. The van der Waals surface area contributed by atoms with Crippen molar-refractivity contribution in [2.75, 3.05) is 11.9 Å². The van der Waals surface area contributed by atoms with Crippen LogP contribution in [0.15, 0.2) is 48.8 Å². The molecule has 0 spiro atoms. The molecule has 0 radical (unpaired) electrons. The second-order valence-corrected chi connectivity index (χ2v) is 6.98. The molecule has 6 nitrogen and oxygen atoms in total. The number of benzene rings is 1. The lowest BCUT2D eigenvalue weighted by Crippen LogP contribution is -2.30. The van der Waals surface area contributed by atoms with Crippen LogP contribution in [0, 0.1) is 0 Å². The van der Waals surface area contributed by atoms with E-state index in [1.165, 1.54) is 0 Å². The van der Waals surface area contributed by atoms with Crippen molar-refractivity contribution < 1.29 is 4.79 Å². The van der Waals surface area contributed by atoms with Crippen LogP contribution in [0.1, 0.15) is 19.3 Å². The summed E-state index contributed by atoms with van der Waals surface area (Å²) >= 11 is 0. The maximum Gasteiger partial charge on any atom is 0.225 e. The van der Waals surface area contributed by atoms with Gasteiger partial charge in [0.1, 0.15) is 5.82 Å². The van der Waals surface area contributed by atoms with Gasteiger partial charge in [-0.1, -0.05) is 12.1 Å². The Labute approximate surface area is 151 Å². The zero-order chi connectivity index (χ0) is 17.5. The zero-order valence-electron chi connectivity index (χ0n) is 14.3. The smallest absolute Gasteiger partial charge is 0.225 e. The van der Waals surface area contributed by atoms with Gasteiger partial charge >= 0.3 is 0 Å². The van der Waals surface area contributed by atoms with Gasteiger partial charge in [-0.2, -0.15) is 0 Å². The quantitative estimate of drug-likeness (QED) is 0.787. The number of carbonyl (C=O) groups excluding carboxylic acids is 1. The Hall–Kier alpha value is -3.02. The maximum absolute atomic E-state index is 12.3. The van der Waals surface area contributed by atoms with Crippen LogP contribution in [0.5, 0.6) is 0 Å². The average Bonchev–Trinajstić information content (AvgIpc) is 3.45. The number of pyridine rings is 1. The van der Waals surface area contributed by atoms with Gasteiger partial charge in [0.25, 0.3) is 0 Å². The topological polar surface area (TPSA) is 71.0 Å². The van der Waals surface area contributed by atoms with Crippen molar-refractivity contribution in [3.05, 3.63) is 48.8 Å². The Bertz CT molecular complexity index is 970. The number of carbonyl (C=O) groups is 1. The molecule has 1 atom stereocenters. The summed E-state index contributed by atoms with van der Waals surface area (Å²) < 4.78 is 0. The summed E-state index contributed by atoms with van der Waals surface area (Å²) in [5.74, 6) is 1.67. The van der Waals surface area contributed by atoms with E-state index >= 15 is 0 Å². The molecule has 2 fully saturated rings. The average molecular weight is 345 g/mol. The minimum Gasteiger partial charge on any atom is -0.364 e. The Balaban J connectivity index is 1.51. The first-order chi connectivity index (χ1) is 12.8. The van der Waals surface area contributed by atoms with Crippen molar-refractivity contribution in [2.24, 2.45) is 0 Å². The summed E-state index contributed by atoms with van der Waals surface area (Å²) in [7, 11) is 0. The third-order valence-electron chi connectivity index (χ3n) is 5.01. The molecule has 3 heterocycles. The van der Waals surface area contributed by atoms with Gasteiger partial charge in [0.2, 0.25) is 5.91 Å². The summed E-state index contributed by atoms with van der Waals surface area (Å²) in [5, 5.41) is 4.47. The van der Waals surface area contributed by atoms with Gasteiger partial charge in [0, 0.05) is 42.4 Å². The molecule has 1 aliphatic carbocycles. The molecule has 3 aromatic rings. The van der Waals surface area contributed by atoms with Crippen molar-refractivity contribution in [3.8, 4) is 11.4 Å². The van der Waals surface area contributed by atoms with Gasteiger partial charge in [-0.15, -0.1) is 0 Å². The molecule has 1 saturated carbocycles. The molecule has 0 bridgehead atoms. The molecule has 1 aromatic carbocycles. The molecule has 2 aliphatic rings. The first-order valence-corrected chi connectivity index (χ1v) is 9.01. The predicted octanol–water partition coefficient (Wildman–Crippen LogP) is 2.87. The molecule has 1 saturated heterocycles. The van der Waals surface area contributed by atoms with Crippen LogP contribution in [0.2, 0.25) is 0 Å². The molecule has 1 unspecified atom stereocenters. The monoisotopic (exact) mass is 345 g/mol. The Kier molecular flexibility index (Phi) is 3.55. The molecule has 2 aromatic heterocycles. The number of hydrogen-bond donors (Lipinski definition) is 1. The van der Waals surface area contributed by atoms with Gasteiger partial charge in [0.05, 0.1) is 11.6 Å². The van der Waals surface area contributed by atoms with Gasteiger partial charge in [-0.05, 0) is 37.1 Å². The summed E-state index contributed by atoms with van der Waals surface area (Å²) in [5.41, 5.74) is 1.76. The summed E-state index contributed by atoms with van der Waals surface area (Å²) in [6.45, 7) is 0.754. The zero-order valence-corrected chi connectivity index (χ0v) is 14.3. The molecular formula is C20H19N5O. The van der Waals surface area contributed by atoms with Gasteiger partial charge in [-0.25, -0.2) is 9.97 Å². The van der Waals surface area contributed by atoms with Crippen LogP contribution in [-0.2, 0) is 4.79 Å². The number of aromatic nitrogens is 3. The van der Waals surface area contributed by atoms with Gasteiger partial charge in [0.15, 0.2) is 5.82 Å². The van der Waals surface area contributed by atoms with Crippen molar-refractivity contribution in [2.45, 2.75) is 31.3 Å². The second kappa shape index (κ2) is 6.05. The fourth-order valence-corrected chi connectivity index (χ4v) is 3.57. The van der Waals surface area contributed by atoms with Crippen LogP contribution >= 0.6 is 0 Å². The first kappa shape index (κ1) is 15.3. The summed E-state index contributed by atoms with van der Waals surface area (Å²) in [6, 6.07) is 12.3. The number of nitrogens with zero attached hydrogens (tertiary/aromatic N) is 4. The fraction of sp³-hybridized carbons (Fsp3) is 0.300. The largest absolute Gasteiger partial charge is 0.364 e. The number of rotatable bonds is 4. The maximum atomic E-state index is 12.3. The molecule has 1 aliphatic heterocycles. The second-order valence-electron chi connectivity index (χ2n) is 6.98. The molecule has 6 heteroatoms. The van der Waals surface area contributed by atoms with E-state index in [4.69, 9.17) is 4.98 Å². The van der Waals surface area contributed by atoms with E-state index in [9.17, 15) is 4.79 Å². The molecule has 1 N–H and O–H groups in total. The molecule has 5 rings (SSSR count). The Morgan fingerprint density at radius 1 is 1.08 bits per heavy atom. The number of anilines is 1. The number of fused-ring (bicyclic) bond motifs is 1. The number of amides is 1. The lowest BCUT2D eigenvalue weighted by atomic mass is 10.2. The summed E-state index contributed by atoms with van der Waals surface area (Å²) in [4.78, 5) is 27.9. The third-order valence-corrected chi connectivity index (χ3v) is 5.01. The summed E-state index contributed by atoms with van der Waals surface area (Å²) in [6.07, 6.45) is 6.30. The predicted molar refractivity (Wildman–Crippen MR) is 99.5 cm³/mol. The van der Waals surface area contributed by atoms with Crippen LogP contribution in [-0.4, -0.2) is 44.4 Å². The Morgan fingerprint density at radius 3 is 2.77 bits per heavy atom. The van der Waals surface area contributed by atoms with Gasteiger partial charge < -0.3 is 10.2 Å². The van der Waals surface area contributed by atoms with E-state index < -0.39 is 0 Å². The van der Waals surface area contributed by atoms with Crippen molar-refractivity contribution in [3.63, 3.8) is 0 Å². The van der Waals surface area contributed by atoms with E-state index in [-0.39, 0.29) is 11.9 Å². The highest BCUT2D eigenvalue weighted by molar-refractivity contribution is 5.91. The van der Waals surface area contributed by atoms with Crippen LogP contribution < -0.4 is 5.32 Å². The number of para-hydroxylation sites is 1. The Morgan fingerprint density at radius 2 is 1.96 bits per heavy atom.